The highest BCUT2D eigenvalue weighted by atomic mass is 31.2. The molecule has 9 nitrogen and oxygen atoms in total. The van der Waals surface area contributed by atoms with Crippen LogP contribution in [0, 0.1) is 13.8 Å². The summed E-state index contributed by atoms with van der Waals surface area (Å²) in [5.41, 5.74) is 6.68. The summed E-state index contributed by atoms with van der Waals surface area (Å²) in [4.78, 5) is 43.3. The molecular formula is C20H33N2O7P. The molecule has 0 bridgehead atoms. The number of ether oxygens (including phenoxy) is 1. The summed E-state index contributed by atoms with van der Waals surface area (Å²) in [6.07, 6.45) is 1.77. The molecule has 0 heterocycles. The molecule has 170 valence electrons. The minimum atomic E-state index is -4.79. The van der Waals surface area contributed by atoms with Crippen LogP contribution in [0.4, 0.5) is 0 Å². The predicted molar refractivity (Wildman–Crippen MR) is 113 cm³/mol. The van der Waals surface area contributed by atoms with E-state index in [-0.39, 0.29) is 18.1 Å². The lowest BCUT2D eigenvalue weighted by Gasteiger charge is -2.30. The highest BCUT2D eigenvalue weighted by Crippen LogP contribution is 2.45. The first-order valence-electron chi connectivity index (χ1n) is 9.75. The van der Waals surface area contributed by atoms with Crippen molar-refractivity contribution >= 4 is 19.7 Å². The fraction of sp³-hybridized carbons (Fsp3) is 0.600. The Bertz CT molecular complexity index is 805. The SMILES string of the molecule is COC(=O)[C@H](CCCCN)NC(=O)CC(C)(C)c1c(C)cc(C)cc1OP(=O)(O)O. The van der Waals surface area contributed by atoms with Gasteiger partial charge in [-0.25, -0.2) is 9.36 Å². The smallest absolute Gasteiger partial charge is 0.467 e. The van der Waals surface area contributed by atoms with Crippen LogP contribution in [-0.2, 0) is 24.3 Å². The van der Waals surface area contributed by atoms with E-state index in [4.69, 9.17) is 15.0 Å². The van der Waals surface area contributed by atoms with Crippen LogP contribution >= 0.6 is 7.82 Å². The molecule has 30 heavy (non-hydrogen) atoms. The molecule has 1 aromatic carbocycles. The first kappa shape index (κ1) is 26.1. The van der Waals surface area contributed by atoms with Gasteiger partial charge in [0.2, 0.25) is 5.91 Å². The average Bonchev–Trinajstić information content (AvgIpc) is 2.57. The zero-order chi connectivity index (χ0) is 23.1. The van der Waals surface area contributed by atoms with E-state index < -0.39 is 25.2 Å². The van der Waals surface area contributed by atoms with Crippen LogP contribution in [0.2, 0.25) is 0 Å². The van der Waals surface area contributed by atoms with Gasteiger partial charge in [-0.3, -0.25) is 14.6 Å². The van der Waals surface area contributed by atoms with E-state index in [9.17, 15) is 23.9 Å². The molecule has 0 aliphatic rings. The highest BCUT2D eigenvalue weighted by molar-refractivity contribution is 7.46. The molecule has 10 heteroatoms. The quantitative estimate of drug-likeness (QED) is 0.231. The van der Waals surface area contributed by atoms with E-state index in [1.807, 2.05) is 6.07 Å². The average molecular weight is 444 g/mol. The fourth-order valence-electron chi connectivity index (χ4n) is 3.62. The topological polar surface area (TPSA) is 148 Å². The van der Waals surface area contributed by atoms with Crippen molar-refractivity contribution in [2.45, 2.75) is 64.8 Å². The number of carbonyl (C=O) groups is 2. The zero-order valence-electron chi connectivity index (χ0n) is 18.2. The molecule has 0 fully saturated rings. The second-order valence-electron chi connectivity index (χ2n) is 8.03. The molecule has 1 aromatic rings. The van der Waals surface area contributed by atoms with Crippen LogP contribution in [0.3, 0.4) is 0 Å². The van der Waals surface area contributed by atoms with Crippen molar-refractivity contribution in [1.29, 1.82) is 0 Å². The fourth-order valence-corrected chi connectivity index (χ4v) is 4.02. The largest absolute Gasteiger partial charge is 0.524 e. The lowest BCUT2D eigenvalue weighted by molar-refractivity contribution is -0.145. The van der Waals surface area contributed by atoms with E-state index in [2.05, 4.69) is 5.32 Å². The van der Waals surface area contributed by atoms with Crippen LogP contribution in [0.1, 0.15) is 56.2 Å². The predicted octanol–water partition coefficient (Wildman–Crippen LogP) is 2.23. The number of hydrogen-bond donors (Lipinski definition) is 4. The molecule has 5 N–H and O–H groups in total. The van der Waals surface area contributed by atoms with Crippen molar-refractivity contribution in [1.82, 2.24) is 5.32 Å². The Morgan fingerprint density at radius 2 is 1.87 bits per heavy atom. The number of nitrogens with two attached hydrogens (primary N) is 1. The number of rotatable bonds is 11. The Kier molecular flexibility index (Phi) is 9.49. The minimum Gasteiger partial charge on any atom is -0.467 e. The third-order valence-electron chi connectivity index (χ3n) is 4.71. The van der Waals surface area contributed by atoms with Gasteiger partial charge in [-0.2, -0.15) is 0 Å². The summed E-state index contributed by atoms with van der Waals surface area (Å²) in [5.74, 6) is -0.883. The number of phosphoric ester groups is 1. The molecule has 1 amide bonds. The molecular weight excluding hydrogens is 411 g/mol. The molecule has 0 saturated carbocycles. The van der Waals surface area contributed by atoms with Crippen LogP contribution in [-0.4, -0.2) is 41.4 Å². The molecule has 0 aliphatic carbocycles. The van der Waals surface area contributed by atoms with Gasteiger partial charge >= 0.3 is 13.8 Å². The van der Waals surface area contributed by atoms with Crippen molar-refractivity contribution in [2.24, 2.45) is 5.73 Å². The van der Waals surface area contributed by atoms with Gasteiger partial charge in [0.05, 0.1) is 7.11 Å². The Balaban J connectivity index is 3.10. The van der Waals surface area contributed by atoms with Gasteiger partial charge in [0.25, 0.3) is 0 Å². The Morgan fingerprint density at radius 1 is 1.23 bits per heavy atom. The number of amides is 1. The maximum atomic E-state index is 12.7. The number of carbonyl (C=O) groups excluding carboxylic acids is 2. The van der Waals surface area contributed by atoms with Gasteiger partial charge < -0.3 is 20.3 Å². The van der Waals surface area contributed by atoms with Gasteiger partial charge in [0, 0.05) is 17.4 Å². The number of methoxy groups -OCH3 is 1. The maximum absolute atomic E-state index is 12.7. The lowest BCUT2D eigenvalue weighted by Crippen LogP contribution is -2.43. The molecule has 0 aromatic heterocycles. The minimum absolute atomic E-state index is 0.0290. The summed E-state index contributed by atoms with van der Waals surface area (Å²) < 4.78 is 21.1. The van der Waals surface area contributed by atoms with E-state index in [0.29, 0.717) is 24.9 Å². The third kappa shape index (κ3) is 8.07. The second kappa shape index (κ2) is 10.9. The zero-order valence-corrected chi connectivity index (χ0v) is 19.1. The molecule has 1 atom stereocenters. The summed E-state index contributed by atoms with van der Waals surface area (Å²) in [5, 5.41) is 2.70. The summed E-state index contributed by atoms with van der Waals surface area (Å²) in [6.45, 7) is 7.62. The summed E-state index contributed by atoms with van der Waals surface area (Å²) in [7, 11) is -3.53. The van der Waals surface area contributed by atoms with Crippen molar-refractivity contribution in [3.8, 4) is 5.75 Å². The third-order valence-corrected chi connectivity index (χ3v) is 5.14. The number of unbranched alkanes of at least 4 members (excludes halogenated alkanes) is 1. The van der Waals surface area contributed by atoms with Gasteiger partial charge in [-0.05, 0) is 56.8 Å². The molecule has 1 rings (SSSR count). The molecule has 0 unspecified atom stereocenters. The van der Waals surface area contributed by atoms with Crippen molar-refractivity contribution in [3.63, 3.8) is 0 Å². The molecule has 0 saturated heterocycles. The Labute approximate surface area is 177 Å². The van der Waals surface area contributed by atoms with Gasteiger partial charge in [-0.1, -0.05) is 19.9 Å². The normalized spacial score (nSPS) is 12.9. The molecule has 0 aliphatic heterocycles. The summed E-state index contributed by atoms with van der Waals surface area (Å²) >= 11 is 0. The van der Waals surface area contributed by atoms with E-state index in [1.54, 1.807) is 27.7 Å². The Morgan fingerprint density at radius 3 is 2.40 bits per heavy atom. The van der Waals surface area contributed by atoms with Crippen molar-refractivity contribution in [2.75, 3.05) is 13.7 Å². The summed E-state index contributed by atoms with van der Waals surface area (Å²) in [6, 6.07) is 2.60. The van der Waals surface area contributed by atoms with Crippen LogP contribution in [0.25, 0.3) is 0 Å². The van der Waals surface area contributed by atoms with Crippen LogP contribution < -0.4 is 15.6 Å². The second-order valence-corrected chi connectivity index (χ2v) is 9.19. The molecule has 0 spiro atoms. The van der Waals surface area contributed by atoms with E-state index in [0.717, 1.165) is 17.5 Å². The number of phosphoric acid groups is 1. The van der Waals surface area contributed by atoms with E-state index in [1.165, 1.54) is 13.2 Å². The van der Waals surface area contributed by atoms with Gasteiger partial charge in [-0.15, -0.1) is 0 Å². The number of nitrogens with one attached hydrogen (secondary N) is 1. The standard InChI is InChI=1S/C20H33N2O7P/c1-13-10-14(2)18(16(11-13)29-30(25,26)27)20(3,4)12-17(23)22-15(19(24)28-5)8-6-7-9-21/h10-11,15H,6-9,12,21H2,1-5H3,(H,22,23)(H2,25,26,27)/t15-/m0/s1. The highest BCUT2D eigenvalue weighted by Gasteiger charge is 2.33. The first-order valence-corrected chi connectivity index (χ1v) is 11.3. The van der Waals surface area contributed by atoms with Crippen LogP contribution in [0.15, 0.2) is 12.1 Å². The van der Waals surface area contributed by atoms with Gasteiger partial charge in [0.15, 0.2) is 0 Å². The Hall–Kier alpha value is -1.93. The molecule has 0 radical (unpaired) electrons. The maximum Gasteiger partial charge on any atom is 0.524 e. The monoisotopic (exact) mass is 444 g/mol. The number of hydrogen-bond acceptors (Lipinski definition) is 6. The van der Waals surface area contributed by atoms with Crippen molar-refractivity contribution < 1.29 is 33.2 Å². The number of benzene rings is 1. The number of aryl methyl sites for hydroxylation is 2. The first-order chi connectivity index (χ1) is 13.8. The number of esters is 1. The van der Waals surface area contributed by atoms with Gasteiger partial charge in [0.1, 0.15) is 11.8 Å². The van der Waals surface area contributed by atoms with E-state index >= 15 is 0 Å². The van der Waals surface area contributed by atoms with Crippen molar-refractivity contribution in [3.05, 3.63) is 28.8 Å². The lowest BCUT2D eigenvalue weighted by atomic mass is 9.78. The van der Waals surface area contributed by atoms with Crippen LogP contribution in [0.5, 0.6) is 5.75 Å².